The summed E-state index contributed by atoms with van der Waals surface area (Å²) >= 11 is 0. The Morgan fingerprint density at radius 3 is 2.70 bits per heavy atom. The topological polar surface area (TPSA) is 52.6 Å². The molecule has 0 N–H and O–H groups in total. The Bertz CT molecular complexity index is 450. The van der Waals surface area contributed by atoms with Crippen LogP contribution in [0.2, 0.25) is 0 Å². The van der Waals surface area contributed by atoms with Gasteiger partial charge in [-0.3, -0.25) is 0 Å². The first-order valence-corrected chi connectivity index (χ1v) is 8.53. The molecule has 23 heavy (non-hydrogen) atoms. The molecule has 0 saturated carbocycles. The minimum atomic E-state index is -0.609. The summed E-state index contributed by atoms with van der Waals surface area (Å²) in [5, 5.41) is 0. The molecule has 0 radical (unpaired) electrons. The Hall–Kier alpha value is -1.58. The molecule has 0 spiro atoms. The van der Waals surface area contributed by atoms with Crippen LogP contribution in [0, 0.1) is 17.8 Å². The number of esters is 2. The molecule has 0 aromatic heterocycles. The van der Waals surface area contributed by atoms with Crippen molar-refractivity contribution in [3.8, 4) is 0 Å². The summed E-state index contributed by atoms with van der Waals surface area (Å²) in [5.74, 6) is 0.179. The van der Waals surface area contributed by atoms with Crippen molar-refractivity contribution in [2.45, 2.75) is 59.5 Å². The number of carbonyl (C=O) groups is 2. The number of hydrogen-bond donors (Lipinski definition) is 0. The van der Waals surface area contributed by atoms with Gasteiger partial charge in [0.05, 0.1) is 0 Å². The highest BCUT2D eigenvalue weighted by atomic mass is 16.6. The van der Waals surface area contributed by atoms with Crippen molar-refractivity contribution in [2.75, 3.05) is 6.61 Å². The fourth-order valence-electron chi connectivity index (χ4n) is 3.12. The maximum atomic E-state index is 12.0. The molecule has 3 unspecified atom stereocenters. The maximum absolute atomic E-state index is 12.0. The van der Waals surface area contributed by atoms with Gasteiger partial charge in [0, 0.05) is 12.0 Å². The van der Waals surface area contributed by atoms with E-state index in [1.807, 2.05) is 0 Å². The smallest absolute Gasteiger partial charge is 0.344 e. The Labute approximate surface area is 139 Å². The second-order valence-electron chi connectivity index (χ2n) is 6.86. The van der Waals surface area contributed by atoms with Crippen LogP contribution >= 0.6 is 0 Å². The molecule has 1 rings (SSSR count). The molecule has 0 fully saturated rings. The predicted octanol–water partition coefficient (Wildman–Crippen LogP) is 4.06. The van der Waals surface area contributed by atoms with Gasteiger partial charge in [0.2, 0.25) is 0 Å². The third kappa shape index (κ3) is 7.02. The summed E-state index contributed by atoms with van der Waals surface area (Å²) in [7, 11) is 0. The maximum Gasteiger partial charge on any atom is 0.344 e. The van der Waals surface area contributed by atoms with E-state index < -0.39 is 11.9 Å². The quantitative estimate of drug-likeness (QED) is 0.384. The third-order valence-electron chi connectivity index (χ3n) is 4.15. The van der Waals surface area contributed by atoms with Crippen molar-refractivity contribution in [3.05, 3.63) is 24.3 Å². The zero-order valence-electron chi connectivity index (χ0n) is 14.8. The second kappa shape index (κ2) is 9.53. The van der Waals surface area contributed by atoms with Crippen LogP contribution in [0.1, 0.15) is 53.4 Å². The largest absolute Gasteiger partial charge is 0.459 e. The lowest BCUT2D eigenvalue weighted by molar-refractivity contribution is -0.162. The van der Waals surface area contributed by atoms with Crippen molar-refractivity contribution in [2.24, 2.45) is 17.8 Å². The molecule has 0 bridgehead atoms. The van der Waals surface area contributed by atoms with Gasteiger partial charge in [-0.2, -0.15) is 0 Å². The zero-order chi connectivity index (χ0) is 17.4. The van der Waals surface area contributed by atoms with Crippen molar-refractivity contribution in [1.29, 1.82) is 0 Å². The third-order valence-corrected chi connectivity index (χ3v) is 4.15. The van der Waals surface area contributed by atoms with Crippen LogP contribution in [0.25, 0.3) is 0 Å². The molecule has 0 amide bonds. The van der Waals surface area contributed by atoms with Crippen LogP contribution in [-0.2, 0) is 19.1 Å². The van der Waals surface area contributed by atoms with Crippen LogP contribution in [-0.4, -0.2) is 24.6 Å². The van der Waals surface area contributed by atoms with E-state index in [1.54, 1.807) is 0 Å². The van der Waals surface area contributed by atoms with E-state index in [2.05, 4.69) is 40.3 Å². The highest BCUT2D eigenvalue weighted by Crippen LogP contribution is 2.34. The number of ether oxygens (including phenoxy) is 2. The van der Waals surface area contributed by atoms with Crippen molar-refractivity contribution in [3.63, 3.8) is 0 Å². The monoisotopic (exact) mass is 322 g/mol. The Balaban J connectivity index is 2.73. The Morgan fingerprint density at radius 2 is 2.13 bits per heavy atom. The summed E-state index contributed by atoms with van der Waals surface area (Å²) in [6, 6.07) is 0. The molecule has 3 atom stereocenters. The van der Waals surface area contributed by atoms with E-state index in [1.165, 1.54) is 5.57 Å². The standard InChI is InChI=1S/C19H30O4/c1-6-15-9-14(5)10-16(11-15)17(8-13(3)4)23-19(21)12-22-18(20)7-2/h7,11,13-14,16-17H,2,6,8-10,12H2,1,3-5H3. The van der Waals surface area contributed by atoms with E-state index >= 15 is 0 Å². The van der Waals surface area contributed by atoms with Gasteiger partial charge in [0.1, 0.15) is 6.10 Å². The molecule has 4 heteroatoms. The second-order valence-corrected chi connectivity index (χ2v) is 6.86. The molecule has 4 nitrogen and oxygen atoms in total. The molecule has 0 aromatic rings. The molecular formula is C19H30O4. The Morgan fingerprint density at radius 1 is 1.43 bits per heavy atom. The lowest BCUT2D eigenvalue weighted by Gasteiger charge is -2.32. The number of allylic oxidation sites excluding steroid dienone is 1. The fraction of sp³-hybridized carbons (Fsp3) is 0.684. The van der Waals surface area contributed by atoms with Gasteiger partial charge in [-0.05, 0) is 37.5 Å². The lowest BCUT2D eigenvalue weighted by Crippen LogP contribution is -2.32. The number of hydrogen-bond acceptors (Lipinski definition) is 4. The van der Waals surface area contributed by atoms with Crippen LogP contribution in [0.3, 0.4) is 0 Å². The first-order chi connectivity index (χ1) is 10.8. The van der Waals surface area contributed by atoms with Gasteiger partial charge >= 0.3 is 11.9 Å². The first-order valence-electron chi connectivity index (χ1n) is 8.53. The molecule has 0 heterocycles. The van der Waals surface area contributed by atoms with E-state index in [0.717, 1.165) is 31.8 Å². The predicted molar refractivity (Wildman–Crippen MR) is 90.8 cm³/mol. The lowest BCUT2D eigenvalue weighted by atomic mass is 9.78. The normalized spacial score (nSPS) is 22.2. The van der Waals surface area contributed by atoms with Gasteiger partial charge in [0.25, 0.3) is 0 Å². The van der Waals surface area contributed by atoms with Crippen LogP contribution < -0.4 is 0 Å². The minimum Gasteiger partial charge on any atom is -0.459 e. The highest BCUT2D eigenvalue weighted by Gasteiger charge is 2.29. The molecule has 0 aromatic carbocycles. The SMILES string of the molecule is C=CC(=O)OCC(=O)OC(CC(C)C)C1C=C(CC)CC(C)C1. The minimum absolute atomic E-state index is 0.158. The summed E-state index contributed by atoms with van der Waals surface area (Å²) < 4.78 is 10.4. The average Bonchev–Trinajstić information content (AvgIpc) is 2.50. The van der Waals surface area contributed by atoms with Gasteiger partial charge < -0.3 is 9.47 Å². The molecule has 0 saturated heterocycles. The van der Waals surface area contributed by atoms with E-state index in [9.17, 15) is 9.59 Å². The molecule has 1 aliphatic rings. The molecule has 1 aliphatic carbocycles. The van der Waals surface area contributed by atoms with Crippen molar-refractivity contribution < 1.29 is 19.1 Å². The Kier molecular flexibility index (Phi) is 8.07. The van der Waals surface area contributed by atoms with Gasteiger partial charge in [-0.15, -0.1) is 0 Å². The molecule has 0 aliphatic heterocycles. The van der Waals surface area contributed by atoms with E-state index in [4.69, 9.17) is 9.47 Å². The highest BCUT2D eigenvalue weighted by molar-refractivity contribution is 5.83. The van der Waals surface area contributed by atoms with Gasteiger partial charge in [-0.25, -0.2) is 9.59 Å². The van der Waals surface area contributed by atoms with E-state index in [0.29, 0.717) is 11.8 Å². The molecular weight excluding hydrogens is 292 g/mol. The van der Waals surface area contributed by atoms with Crippen LogP contribution in [0.5, 0.6) is 0 Å². The van der Waals surface area contributed by atoms with Crippen molar-refractivity contribution >= 4 is 11.9 Å². The summed E-state index contributed by atoms with van der Waals surface area (Å²) in [6.07, 6.45) is 7.18. The van der Waals surface area contributed by atoms with Crippen LogP contribution in [0.4, 0.5) is 0 Å². The average molecular weight is 322 g/mol. The number of rotatable bonds is 8. The first kappa shape index (κ1) is 19.5. The molecule has 130 valence electrons. The zero-order valence-corrected chi connectivity index (χ0v) is 14.8. The van der Waals surface area contributed by atoms with Gasteiger partial charge in [0.15, 0.2) is 6.61 Å². The van der Waals surface area contributed by atoms with Crippen molar-refractivity contribution in [1.82, 2.24) is 0 Å². The van der Waals surface area contributed by atoms with Gasteiger partial charge in [-0.1, -0.05) is 45.9 Å². The fourth-order valence-corrected chi connectivity index (χ4v) is 3.12. The summed E-state index contributed by atoms with van der Waals surface area (Å²) in [5.41, 5.74) is 1.44. The van der Waals surface area contributed by atoms with Crippen LogP contribution in [0.15, 0.2) is 24.3 Å². The summed E-state index contributed by atoms with van der Waals surface area (Å²) in [4.78, 5) is 23.0. The number of carbonyl (C=O) groups excluding carboxylic acids is 2. The van der Waals surface area contributed by atoms with E-state index in [-0.39, 0.29) is 18.6 Å². The summed E-state index contributed by atoms with van der Waals surface area (Å²) in [6.45, 7) is 11.6.